The van der Waals surface area contributed by atoms with Gasteiger partial charge in [-0.3, -0.25) is 20.2 Å². The summed E-state index contributed by atoms with van der Waals surface area (Å²) in [7, 11) is 0. The molecule has 0 spiro atoms. The van der Waals surface area contributed by atoms with Gasteiger partial charge in [0.25, 0.3) is 11.4 Å². The molecule has 0 amide bonds. The summed E-state index contributed by atoms with van der Waals surface area (Å²) in [6.07, 6.45) is -0.633. The lowest BCUT2D eigenvalue weighted by Gasteiger charge is -2.15. The predicted octanol–water partition coefficient (Wildman–Crippen LogP) is 2.75. The fraction of sp³-hybridized carbons (Fsp3) is 0.200. The van der Waals surface area contributed by atoms with Crippen molar-refractivity contribution in [1.82, 2.24) is 0 Å². The fourth-order valence-corrected chi connectivity index (χ4v) is 1.98. The zero-order valence-corrected chi connectivity index (χ0v) is 12.0. The summed E-state index contributed by atoms with van der Waals surface area (Å²) < 4.78 is 5.57. The van der Waals surface area contributed by atoms with Crippen LogP contribution < -0.4 is 0 Å². The lowest BCUT2D eigenvalue weighted by atomic mass is 10.1. The van der Waals surface area contributed by atoms with Crippen molar-refractivity contribution in [2.45, 2.75) is 12.7 Å². The Kier molecular flexibility index (Phi) is 5.34. The van der Waals surface area contributed by atoms with Crippen LogP contribution in [0.1, 0.15) is 17.2 Å². The van der Waals surface area contributed by atoms with Gasteiger partial charge in [-0.2, -0.15) is 0 Å². The molecule has 2 rings (SSSR count). The van der Waals surface area contributed by atoms with Crippen molar-refractivity contribution in [3.63, 3.8) is 0 Å². The third-order valence-corrected chi connectivity index (χ3v) is 3.24. The van der Waals surface area contributed by atoms with Crippen LogP contribution in [0.5, 0.6) is 0 Å². The summed E-state index contributed by atoms with van der Waals surface area (Å²) in [6, 6.07) is 11.6. The Morgan fingerprint density at radius 3 is 1.83 bits per heavy atom. The molecule has 0 fully saturated rings. The second kappa shape index (κ2) is 7.43. The molecule has 0 bridgehead atoms. The van der Waals surface area contributed by atoms with Crippen LogP contribution in [0, 0.1) is 20.2 Å². The number of aliphatic hydroxyl groups is 1. The number of non-ortho nitro benzene ring substituents is 2. The first-order valence-corrected chi connectivity index (χ1v) is 6.71. The van der Waals surface area contributed by atoms with Crippen LogP contribution in [0.4, 0.5) is 11.4 Å². The normalized spacial score (nSPS) is 11.9. The average molecular weight is 318 g/mol. The summed E-state index contributed by atoms with van der Waals surface area (Å²) in [4.78, 5) is 20.2. The fourth-order valence-electron chi connectivity index (χ4n) is 1.98. The molecule has 23 heavy (non-hydrogen) atoms. The van der Waals surface area contributed by atoms with Crippen LogP contribution in [-0.4, -0.2) is 21.6 Å². The number of hydrogen-bond donors (Lipinski definition) is 1. The van der Waals surface area contributed by atoms with E-state index in [2.05, 4.69) is 0 Å². The van der Waals surface area contributed by atoms with Gasteiger partial charge in [-0.25, -0.2) is 0 Å². The van der Waals surface area contributed by atoms with E-state index in [0.29, 0.717) is 5.56 Å². The maximum Gasteiger partial charge on any atom is 0.269 e. The van der Waals surface area contributed by atoms with Gasteiger partial charge in [0.1, 0.15) is 6.10 Å². The quantitative estimate of drug-likeness (QED) is 0.620. The molecule has 0 saturated heterocycles. The van der Waals surface area contributed by atoms with Gasteiger partial charge >= 0.3 is 0 Å². The summed E-state index contributed by atoms with van der Waals surface area (Å²) in [5.74, 6) is 0. The number of hydrogen-bond acceptors (Lipinski definition) is 6. The van der Waals surface area contributed by atoms with Crippen LogP contribution in [0.2, 0.25) is 0 Å². The number of nitrogens with zero attached hydrogens (tertiary/aromatic N) is 2. The highest BCUT2D eigenvalue weighted by atomic mass is 16.6. The Bertz CT molecular complexity index is 684. The summed E-state index contributed by atoms with van der Waals surface area (Å²) >= 11 is 0. The molecular weight excluding hydrogens is 304 g/mol. The van der Waals surface area contributed by atoms with Gasteiger partial charge in [0, 0.05) is 24.3 Å². The number of nitro benzene ring substituents is 2. The van der Waals surface area contributed by atoms with E-state index in [9.17, 15) is 25.3 Å². The van der Waals surface area contributed by atoms with Crippen LogP contribution in [0.25, 0.3) is 0 Å². The van der Waals surface area contributed by atoms with Gasteiger partial charge < -0.3 is 9.84 Å². The topological polar surface area (TPSA) is 116 Å². The van der Waals surface area contributed by atoms with Gasteiger partial charge in [-0.05, 0) is 35.4 Å². The molecule has 0 radical (unpaired) electrons. The van der Waals surface area contributed by atoms with Gasteiger partial charge in [0.05, 0.1) is 23.1 Å². The predicted molar refractivity (Wildman–Crippen MR) is 80.8 cm³/mol. The summed E-state index contributed by atoms with van der Waals surface area (Å²) in [5, 5.41) is 30.6. The first-order valence-electron chi connectivity index (χ1n) is 6.71. The monoisotopic (exact) mass is 318 g/mol. The minimum Gasteiger partial charge on any atom is -0.393 e. The van der Waals surface area contributed by atoms with E-state index in [1.165, 1.54) is 36.4 Å². The van der Waals surface area contributed by atoms with Gasteiger partial charge in [-0.15, -0.1) is 0 Å². The molecule has 8 heteroatoms. The Labute approximate surface area is 131 Å². The smallest absolute Gasteiger partial charge is 0.269 e. The zero-order chi connectivity index (χ0) is 16.8. The molecule has 0 aliphatic rings. The van der Waals surface area contributed by atoms with Gasteiger partial charge in [-0.1, -0.05) is 0 Å². The standard InChI is InChI=1S/C15H14N2O6/c18-9-15(12-3-7-14(8-4-12)17(21)22)23-10-11-1-5-13(6-2-11)16(19)20/h1-8,15,18H,9-10H2. The average Bonchev–Trinajstić information content (AvgIpc) is 2.56. The second-order valence-electron chi connectivity index (χ2n) is 4.75. The number of rotatable bonds is 7. The van der Waals surface area contributed by atoms with Crippen LogP contribution in [0.15, 0.2) is 48.5 Å². The molecule has 2 aromatic carbocycles. The molecule has 0 heterocycles. The third kappa shape index (κ3) is 4.31. The van der Waals surface area contributed by atoms with E-state index >= 15 is 0 Å². The SMILES string of the molecule is O=[N+]([O-])c1ccc(COC(CO)c2ccc([N+](=O)[O-])cc2)cc1. The molecule has 2 aromatic rings. The van der Waals surface area contributed by atoms with Crippen molar-refractivity contribution in [3.05, 3.63) is 79.9 Å². The molecule has 1 unspecified atom stereocenters. The van der Waals surface area contributed by atoms with Crippen molar-refractivity contribution in [2.75, 3.05) is 6.61 Å². The van der Waals surface area contributed by atoms with Crippen molar-refractivity contribution in [2.24, 2.45) is 0 Å². The molecule has 8 nitrogen and oxygen atoms in total. The highest BCUT2D eigenvalue weighted by Gasteiger charge is 2.13. The van der Waals surface area contributed by atoms with E-state index in [-0.39, 0.29) is 24.6 Å². The molecule has 120 valence electrons. The number of aliphatic hydroxyl groups excluding tert-OH is 1. The van der Waals surface area contributed by atoms with Crippen LogP contribution in [0.3, 0.4) is 0 Å². The highest BCUT2D eigenvalue weighted by Crippen LogP contribution is 2.22. The lowest BCUT2D eigenvalue weighted by molar-refractivity contribution is -0.385. The Balaban J connectivity index is 2.01. The Hall–Kier alpha value is -2.84. The number of nitro groups is 2. The Morgan fingerprint density at radius 1 is 0.913 bits per heavy atom. The summed E-state index contributed by atoms with van der Waals surface area (Å²) in [6.45, 7) is -0.134. The van der Waals surface area contributed by atoms with Crippen molar-refractivity contribution in [3.8, 4) is 0 Å². The van der Waals surface area contributed by atoms with E-state index in [0.717, 1.165) is 5.56 Å². The van der Waals surface area contributed by atoms with E-state index < -0.39 is 16.0 Å². The maximum atomic E-state index is 10.6. The molecule has 0 aliphatic carbocycles. The van der Waals surface area contributed by atoms with Crippen LogP contribution in [-0.2, 0) is 11.3 Å². The minimum atomic E-state index is -0.633. The number of benzene rings is 2. The summed E-state index contributed by atoms with van der Waals surface area (Å²) in [5.41, 5.74) is 1.28. The van der Waals surface area contributed by atoms with E-state index in [1.807, 2.05) is 0 Å². The van der Waals surface area contributed by atoms with E-state index in [4.69, 9.17) is 4.74 Å². The largest absolute Gasteiger partial charge is 0.393 e. The van der Waals surface area contributed by atoms with Crippen molar-refractivity contribution < 1.29 is 19.7 Å². The molecule has 1 atom stereocenters. The molecule has 0 aromatic heterocycles. The molecule has 0 saturated carbocycles. The Morgan fingerprint density at radius 2 is 1.39 bits per heavy atom. The molecular formula is C15H14N2O6. The lowest BCUT2D eigenvalue weighted by Crippen LogP contribution is -2.09. The highest BCUT2D eigenvalue weighted by molar-refractivity contribution is 5.34. The first kappa shape index (κ1) is 16.5. The number of ether oxygens (including phenoxy) is 1. The second-order valence-corrected chi connectivity index (χ2v) is 4.75. The van der Waals surface area contributed by atoms with Crippen molar-refractivity contribution in [1.29, 1.82) is 0 Å². The zero-order valence-electron chi connectivity index (χ0n) is 12.0. The van der Waals surface area contributed by atoms with E-state index in [1.54, 1.807) is 12.1 Å². The first-order chi connectivity index (χ1) is 11.0. The molecule has 1 N–H and O–H groups in total. The molecule has 0 aliphatic heterocycles. The maximum absolute atomic E-state index is 10.6. The van der Waals surface area contributed by atoms with Crippen LogP contribution >= 0.6 is 0 Å². The van der Waals surface area contributed by atoms with Gasteiger partial charge in [0.15, 0.2) is 0 Å². The van der Waals surface area contributed by atoms with Crippen molar-refractivity contribution >= 4 is 11.4 Å². The third-order valence-electron chi connectivity index (χ3n) is 3.24. The van der Waals surface area contributed by atoms with Gasteiger partial charge in [0.2, 0.25) is 0 Å². The minimum absolute atomic E-state index is 0.0113.